The van der Waals surface area contributed by atoms with Gasteiger partial charge in [0.1, 0.15) is 0 Å². The van der Waals surface area contributed by atoms with Crippen molar-refractivity contribution in [2.75, 3.05) is 19.8 Å². The topological polar surface area (TPSA) is 78.2 Å². The fourth-order valence-electron chi connectivity index (χ4n) is 2.11. The molecule has 1 atom stereocenters. The lowest BCUT2D eigenvalue weighted by atomic mass is 10.1. The fourth-order valence-corrected chi connectivity index (χ4v) is 2.11. The zero-order chi connectivity index (χ0) is 15.2. The maximum absolute atomic E-state index is 9.37. The van der Waals surface area contributed by atoms with Gasteiger partial charge in [-0.25, -0.2) is 0 Å². The van der Waals surface area contributed by atoms with Gasteiger partial charge >= 0.3 is 0 Å². The average molecular weight is 291 g/mol. The van der Waals surface area contributed by atoms with Crippen LogP contribution in [0.1, 0.15) is 37.7 Å². The van der Waals surface area contributed by atoms with Crippen molar-refractivity contribution in [3.8, 4) is 0 Å². The van der Waals surface area contributed by atoms with Crippen molar-refractivity contribution >= 4 is 0 Å². The molecule has 0 fully saturated rings. The normalized spacial score (nSPS) is 11.9. The van der Waals surface area contributed by atoms with E-state index in [2.05, 4.69) is 34.3 Å². The molecule has 1 aromatic carbocycles. The van der Waals surface area contributed by atoms with E-state index in [9.17, 15) is 5.11 Å². The van der Waals surface area contributed by atoms with E-state index >= 15 is 0 Å². The quantitative estimate of drug-likeness (QED) is 0.274. The van der Waals surface area contributed by atoms with Crippen molar-refractivity contribution < 1.29 is 9.84 Å². The number of aliphatic hydroxyl groups is 1. The lowest BCUT2D eigenvalue weighted by molar-refractivity contribution is 0.0397. The van der Waals surface area contributed by atoms with Crippen LogP contribution >= 0.6 is 0 Å². The van der Waals surface area contributed by atoms with Crippen LogP contribution in [0, 0.1) is 0 Å². The standard InChI is InChI=1S/C16H25N3O2/c17-19-18-13-16(20)14-21-12-8-3-1-2-5-9-15-10-6-4-7-11-15/h4,6-7,10-11,16,20H,1-3,5,8-9,12-14H2. The summed E-state index contributed by atoms with van der Waals surface area (Å²) in [5.41, 5.74) is 9.52. The Morgan fingerprint density at radius 1 is 1.10 bits per heavy atom. The van der Waals surface area contributed by atoms with Gasteiger partial charge in [-0.05, 0) is 30.4 Å². The van der Waals surface area contributed by atoms with E-state index < -0.39 is 6.10 Å². The minimum absolute atomic E-state index is 0.0794. The molecule has 0 saturated heterocycles. The van der Waals surface area contributed by atoms with E-state index in [1.807, 2.05) is 6.07 Å². The maximum atomic E-state index is 9.37. The molecule has 1 rings (SSSR count). The zero-order valence-electron chi connectivity index (χ0n) is 12.5. The van der Waals surface area contributed by atoms with Gasteiger partial charge in [-0.1, -0.05) is 54.7 Å². The lowest BCUT2D eigenvalue weighted by Crippen LogP contribution is -2.18. The summed E-state index contributed by atoms with van der Waals surface area (Å²) in [6.45, 7) is 0.981. The summed E-state index contributed by atoms with van der Waals surface area (Å²) in [4.78, 5) is 2.59. The number of benzene rings is 1. The first-order valence-electron chi connectivity index (χ1n) is 7.63. The molecule has 1 N–H and O–H groups in total. The first-order valence-corrected chi connectivity index (χ1v) is 7.63. The minimum atomic E-state index is -0.688. The Morgan fingerprint density at radius 3 is 2.57 bits per heavy atom. The Labute approximate surface area is 126 Å². The van der Waals surface area contributed by atoms with Gasteiger partial charge in [-0.15, -0.1) is 0 Å². The van der Waals surface area contributed by atoms with Gasteiger partial charge < -0.3 is 9.84 Å². The van der Waals surface area contributed by atoms with Crippen LogP contribution in [-0.4, -0.2) is 31.0 Å². The van der Waals surface area contributed by atoms with Crippen LogP contribution in [0.15, 0.2) is 35.4 Å². The Morgan fingerprint density at radius 2 is 1.81 bits per heavy atom. The third-order valence-electron chi connectivity index (χ3n) is 3.26. The number of hydrogen-bond donors (Lipinski definition) is 1. The van der Waals surface area contributed by atoms with E-state index in [1.165, 1.54) is 24.8 Å². The summed E-state index contributed by atoms with van der Waals surface area (Å²) in [6.07, 6.45) is 6.33. The molecule has 5 heteroatoms. The second-order valence-electron chi connectivity index (χ2n) is 5.15. The highest BCUT2D eigenvalue weighted by molar-refractivity contribution is 5.14. The number of ether oxygens (including phenoxy) is 1. The number of rotatable bonds is 12. The average Bonchev–Trinajstić information content (AvgIpc) is 2.52. The van der Waals surface area contributed by atoms with E-state index in [4.69, 9.17) is 10.3 Å². The van der Waals surface area contributed by atoms with Gasteiger partial charge in [-0.2, -0.15) is 0 Å². The summed E-state index contributed by atoms with van der Waals surface area (Å²) < 4.78 is 5.34. The van der Waals surface area contributed by atoms with Crippen LogP contribution in [0.5, 0.6) is 0 Å². The van der Waals surface area contributed by atoms with Crippen LogP contribution in [0.4, 0.5) is 0 Å². The van der Waals surface area contributed by atoms with Crippen LogP contribution < -0.4 is 0 Å². The van der Waals surface area contributed by atoms with E-state index in [1.54, 1.807) is 0 Å². The Bertz CT molecular complexity index is 405. The van der Waals surface area contributed by atoms with Crippen LogP contribution in [-0.2, 0) is 11.2 Å². The van der Waals surface area contributed by atoms with Crippen molar-refractivity contribution in [3.63, 3.8) is 0 Å². The molecule has 0 radical (unpaired) electrons. The number of aliphatic hydroxyl groups excluding tert-OH is 1. The molecule has 0 saturated carbocycles. The molecule has 1 unspecified atom stereocenters. The summed E-state index contributed by atoms with van der Waals surface area (Å²) in [6, 6.07) is 10.6. The number of hydrogen-bond acceptors (Lipinski definition) is 3. The zero-order valence-corrected chi connectivity index (χ0v) is 12.5. The summed E-state index contributed by atoms with van der Waals surface area (Å²) in [7, 11) is 0. The van der Waals surface area contributed by atoms with Crippen molar-refractivity contribution in [1.82, 2.24) is 0 Å². The van der Waals surface area contributed by atoms with Crippen molar-refractivity contribution in [1.29, 1.82) is 0 Å². The first-order chi connectivity index (χ1) is 10.3. The maximum Gasteiger partial charge on any atom is 0.0829 e. The van der Waals surface area contributed by atoms with Gasteiger partial charge in [0.25, 0.3) is 0 Å². The van der Waals surface area contributed by atoms with Crippen LogP contribution in [0.25, 0.3) is 10.4 Å². The highest BCUT2D eigenvalue weighted by atomic mass is 16.5. The van der Waals surface area contributed by atoms with Gasteiger partial charge in [-0.3, -0.25) is 0 Å². The van der Waals surface area contributed by atoms with Gasteiger partial charge in [0.2, 0.25) is 0 Å². The predicted molar refractivity (Wildman–Crippen MR) is 84.1 cm³/mol. The molecule has 0 bridgehead atoms. The van der Waals surface area contributed by atoms with E-state index in [0.29, 0.717) is 6.61 Å². The molecule has 0 aliphatic rings. The molecule has 5 nitrogen and oxygen atoms in total. The summed E-state index contributed by atoms with van der Waals surface area (Å²) in [5, 5.41) is 12.7. The molecule has 21 heavy (non-hydrogen) atoms. The monoisotopic (exact) mass is 291 g/mol. The Balaban J connectivity index is 1.85. The van der Waals surface area contributed by atoms with Crippen LogP contribution in [0.3, 0.4) is 0 Å². The number of nitrogens with zero attached hydrogens (tertiary/aromatic N) is 3. The molecule has 0 heterocycles. The van der Waals surface area contributed by atoms with E-state index in [-0.39, 0.29) is 13.2 Å². The van der Waals surface area contributed by atoms with Crippen molar-refractivity contribution in [2.45, 2.75) is 44.6 Å². The number of azide groups is 1. The molecule has 0 aliphatic carbocycles. The van der Waals surface area contributed by atoms with Crippen molar-refractivity contribution in [2.24, 2.45) is 5.11 Å². The predicted octanol–water partition coefficient (Wildman–Crippen LogP) is 3.87. The van der Waals surface area contributed by atoms with Crippen molar-refractivity contribution in [3.05, 3.63) is 46.3 Å². The molecule has 0 aliphatic heterocycles. The highest BCUT2D eigenvalue weighted by Gasteiger charge is 2.01. The lowest BCUT2D eigenvalue weighted by Gasteiger charge is -2.08. The fraction of sp³-hybridized carbons (Fsp3) is 0.625. The SMILES string of the molecule is [N-]=[N+]=NCC(O)COCCCCCCCc1ccccc1. The highest BCUT2D eigenvalue weighted by Crippen LogP contribution is 2.08. The molecular weight excluding hydrogens is 266 g/mol. The third-order valence-corrected chi connectivity index (χ3v) is 3.26. The summed E-state index contributed by atoms with van der Waals surface area (Å²) in [5.74, 6) is 0. The van der Waals surface area contributed by atoms with Gasteiger partial charge in [0.15, 0.2) is 0 Å². The van der Waals surface area contributed by atoms with E-state index in [0.717, 1.165) is 19.3 Å². The Kier molecular flexibility index (Phi) is 10.2. The number of unbranched alkanes of at least 4 members (excludes halogenated alkanes) is 4. The first kappa shape index (κ1) is 17.5. The van der Waals surface area contributed by atoms with Crippen LogP contribution in [0.2, 0.25) is 0 Å². The minimum Gasteiger partial charge on any atom is -0.391 e. The van der Waals surface area contributed by atoms with Gasteiger partial charge in [0, 0.05) is 11.5 Å². The molecule has 1 aromatic rings. The Hall–Kier alpha value is -1.55. The smallest absolute Gasteiger partial charge is 0.0829 e. The second-order valence-corrected chi connectivity index (χ2v) is 5.15. The molecule has 0 amide bonds. The number of aryl methyl sites for hydroxylation is 1. The second kappa shape index (κ2) is 12.2. The van der Waals surface area contributed by atoms with Gasteiger partial charge in [0.05, 0.1) is 19.3 Å². The molecule has 116 valence electrons. The molecule has 0 spiro atoms. The third kappa shape index (κ3) is 9.91. The summed E-state index contributed by atoms with van der Waals surface area (Å²) >= 11 is 0. The molecule has 0 aromatic heterocycles. The largest absolute Gasteiger partial charge is 0.391 e. The molecular formula is C16H25N3O2.